The number of morpholine rings is 1. The van der Waals surface area contributed by atoms with Crippen molar-refractivity contribution in [2.24, 2.45) is 5.73 Å². The van der Waals surface area contributed by atoms with Crippen LogP contribution in [0.25, 0.3) is 27.2 Å². The number of ether oxygens (including phenoxy) is 1. The Balaban J connectivity index is 1.23. The molecule has 0 spiro atoms. The van der Waals surface area contributed by atoms with Crippen molar-refractivity contribution in [3.05, 3.63) is 51.1 Å². The summed E-state index contributed by atoms with van der Waals surface area (Å²) in [7, 11) is 0. The highest BCUT2D eigenvalue weighted by atomic mass is 32.1. The Bertz CT molecular complexity index is 1840. The Hall–Kier alpha value is -4.34. The zero-order valence-corrected chi connectivity index (χ0v) is 23.6. The van der Waals surface area contributed by atoms with Crippen molar-refractivity contribution in [2.75, 3.05) is 36.5 Å². The molecule has 2 aliphatic rings. The van der Waals surface area contributed by atoms with E-state index in [1.54, 1.807) is 6.07 Å². The lowest BCUT2D eigenvalue weighted by molar-refractivity contribution is -0.427. The van der Waals surface area contributed by atoms with Gasteiger partial charge in [-0.15, -0.1) is 11.3 Å². The Morgan fingerprint density at radius 3 is 2.86 bits per heavy atom. The topological polar surface area (TPSA) is 195 Å². The number of thiophene rings is 1. The van der Waals surface area contributed by atoms with Gasteiger partial charge in [0.15, 0.2) is 17.1 Å². The van der Waals surface area contributed by atoms with Gasteiger partial charge >= 0.3 is 0 Å². The molecule has 42 heavy (non-hydrogen) atoms. The van der Waals surface area contributed by atoms with Gasteiger partial charge in [-0.05, 0) is 12.8 Å². The minimum atomic E-state index is -0.671. The fraction of sp³-hybridized carbons (Fsp3) is 0.407. The maximum Gasteiger partial charge on any atom is 0.254 e. The van der Waals surface area contributed by atoms with Crippen molar-refractivity contribution >= 4 is 45.0 Å². The molecular formula is C27H30N9O5S+. The van der Waals surface area contributed by atoms with Gasteiger partial charge in [-0.2, -0.15) is 9.61 Å². The number of fused-ring (bicyclic) bond motifs is 2. The molecule has 2 fully saturated rings. The van der Waals surface area contributed by atoms with Crippen LogP contribution >= 0.6 is 11.3 Å². The maximum atomic E-state index is 12.9. The Kier molecular flexibility index (Phi) is 6.84. The van der Waals surface area contributed by atoms with E-state index in [0.717, 1.165) is 25.7 Å². The Labute approximate surface area is 242 Å². The number of quaternary nitrogens is 1. The summed E-state index contributed by atoms with van der Waals surface area (Å²) in [6.45, 7) is 2.42. The van der Waals surface area contributed by atoms with Crippen LogP contribution in [0.1, 0.15) is 47.5 Å². The molecular weight excluding hydrogens is 562 g/mol. The zero-order valence-electron chi connectivity index (χ0n) is 22.7. The van der Waals surface area contributed by atoms with Crippen molar-refractivity contribution in [3.63, 3.8) is 0 Å². The summed E-state index contributed by atoms with van der Waals surface area (Å²) in [5.74, 6) is 0.743. The number of nitrogens with one attached hydrogen (secondary N) is 1. The Morgan fingerprint density at radius 2 is 2.05 bits per heavy atom. The van der Waals surface area contributed by atoms with E-state index < -0.39 is 5.91 Å². The first-order valence-electron chi connectivity index (χ1n) is 13.9. The highest BCUT2D eigenvalue weighted by Gasteiger charge is 2.28. The first kappa shape index (κ1) is 26.6. The highest BCUT2D eigenvalue weighted by molar-refractivity contribution is 7.17. The van der Waals surface area contributed by atoms with E-state index >= 15 is 0 Å². The van der Waals surface area contributed by atoms with E-state index in [2.05, 4.69) is 26.3 Å². The van der Waals surface area contributed by atoms with Gasteiger partial charge in [-0.3, -0.25) is 9.59 Å². The van der Waals surface area contributed by atoms with Gasteiger partial charge in [0.05, 0.1) is 36.9 Å². The van der Waals surface area contributed by atoms with Crippen LogP contribution in [0.15, 0.2) is 37.6 Å². The summed E-state index contributed by atoms with van der Waals surface area (Å²) in [5.41, 5.74) is 12.4. The summed E-state index contributed by atoms with van der Waals surface area (Å²) in [4.78, 5) is 36.5. The highest BCUT2D eigenvalue weighted by Crippen LogP contribution is 2.35. The first-order valence-corrected chi connectivity index (χ1v) is 14.8. The smallest absolute Gasteiger partial charge is 0.254 e. The normalized spacial score (nSPS) is 19.5. The van der Waals surface area contributed by atoms with E-state index in [9.17, 15) is 9.59 Å². The number of rotatable bonds is 7. The number of hydrogen-bond acceptors (Lipinski definition) is 12. The second-order valence-electron chi connectivity index (χ2n) is 10.6. The molecule has 0 aromatic carbocycles. The second-order valence-corrected chi connectivity index (χ2v) is 11.5. The monoisotopic (exact) mass is 592 g/mol. The molecule has 15 heteroatoms. The third-order valence-electron chi connectivity index (χ3n) is 7.90. The molecule has 1 aliphatic carbocycles. The standard InChI is InChI=1S/C27H29N9O5S/c28-16-3-1-2-4-17(16)32-27-33-19(22(25(29)38)26-30-13-31-36(26)27)10-14-9-18(34-41-14)15-12-42-24-20(37)11-21(40-23(15)24)35-5-7-39-8-6-35/h9,11-13,16-17H,1-8,10,28H2,(H2,29,38)(H,32,33)/p+1/t16-,17+/m1/s1. The molecule has 218 valence electrons. The van der Waals surface area contributed by atoms with Gasteiger partial charge in [-0.25, -0.2) is 9.97 Å². The lowest BCUT2D eigenvalue weighted by Crippen LogP contribution is -2.68. The van der Waals surface area contributed by atoms with E-state index in [-0.39, 0.29) is 29.5 Å². The van der Waals surface area contributed by atoms with Crippen LogP contribution in [0.2, 0.25) is 0 Å². The first-order chi connectivity index (χ1) is 20.5. The van der Waals surface area contributed by atoms with E-state index in [1.165, 1.54) is 28.2 Å². The molecule has 7 rings (SSSR count). The predicted octanol–water partition coefficient (Wildman–Crippen LogP) is 1.44. The van der Waals surface area contributed by atoms with E-state index in [4.69, 9.17) is 24.4 Å². The Morgan fingerprint density at radius 1 is 1.21 bits per heavy atom. The van der Waals surface area contributed by atoms with Crippen LogP contribution in [0.4, 0.5) is 11.8 Å². The number of carbonyl (C=O) groups excluding carboxylic acids is 1. The fourth-order valence-corrected chi connectivity index (χ4v) is 6.60. The minimum absolute atomic E-state index is 0.114. The fourth-order valence-electron chi connectivity index (χ4n) is 5.70. The van der Waals surface area contributed by atoms with Gasteiger partial charge in [0.1, 0.15) is 34.1 Å². The molecule has 2 atom stereocenters. The maximum absolute atomic E-state index is 12.9. The number of amides is 1. The summed E-state index contributed by atoms with van der Waals surface area (Å²) >= 11 is 1.30. The summed E-state index contributed by atoms with van der Waals surface area (Å²) in [6, 6.07) is 3.62. The second kappa shape index (κ2) is 10.8. The van der Waals surface area contributed by atoms with Gasteiger partial charge in [0.2, 0.25) is 11.4 Å². The van der Waals surface area contributed by atoms with E-state index in [1.807, 2.05) is 10.3 Å². The lowest BCUT2D eigenvalue weighted by atomic mass is 9.91. The van der Waals surface area contributed by atoms with Crippen molar-refractivity contribution in [3.8, 4) is 11.3 Å². The van der Waals surface area contributed by atoms with Crippen LogP contribution in [-0.2, 0) is 11.2 Å². The van der Waals surface area contributed by atoms with Gasteiger partial charge in [0.25, 0.3) is 5.91 Å². The lowest BCUT2D eigenvalue weighted by Gasteiger charge is -2.27. The number of nitrogens with zero attached hydrogens (tertiary/aromatic N) is 6. The summed E-state index contributed by atoms with van der Waals surface area (Å²) in [5, 5.41) is 13.9. The van der Waals surface area contributed by atoms with Crippen LogP contribution < -0.4 is 27.1 Å². The molecule has 1 aliphatic heterocycles. The molecule has 1 amide bonds. The number of aromatic nitrogens is 5. The molecule has 6 N–H and O–H groups in total. The third kappa shape index (κ3) is 4.78. The largest absolute Gasteiger partial charge is 0.439 e. The molecule has 1 saturated carbocycles. The van der Waals surface area contributed by atoms with Crippen LogP contribution in [-0.4, -0.2) is 69.0 Å². The molecule has 5 aromatic heterocycles. The molecule has 14 nitrogen and oxygen atoms in total. The van der Waals surface area contributed by atoms with Crippen LogP contribution in [0.3, 0.4) is 0 Å². The SMILES string of the molecule is NC(=O)c1c(Cc2cc(-c3csc4c(=O)cc(N5CCOCC5)oc34)no2)nc(N[C@H]2CCCC[C@H]2[NH3+])n2ncnc12. The van der Waals surface area contributed by atoms with Crippen molar-refractivity contribution in [1.29, 1.82) is 0 Å². The van der Waals surface area contributed by atoms with Crippen molar-refractivity contribution in [2.45, 2.75) is 44.2 Å². The molecule has 0 radical (unpaired) electrons. The summed E-state index contributed by atoms with van der Waals surface area (Å²) < 4.78 is 19.3. The average Bonchev–Trinajstić information content (AvgIpc) is 3.75. The van der Waals surface area contributed by atoms with Crippen LogP contribution in [0.5, 0.6) is 0 Å². The van der Waals surface area contributed by atoms with Gasteiger partial charge in [0, 0.05) is 37.0 Å². The molecule has 0 bridgehead atoms. The predicted molar refractivity (Wildman–Crippen MR) is 154 cm³/mol. The number of nitrogens with two attached hydrogens (primary N) is 1. The number of carbonyl (C=O) groups is 1. The van der Waals surface area contributed by atoms with Crippen molar-refractivity contribution < 1.29 is 24.2 Å². The molecule has 5 aromatic rings. The number of anilines is 2. The van der Waals surface area contributed by atoms with E-state index in [0.29, 0.717) is 76.8 Å². The average molecular weight is 593 g/mol. The summed E-state index contributed by atoms with van der Waals surface area (Å²) in [6.07, 6.45) is 5.73. The number of primary amides is 1. The number of hydrogen-bond donors (Lipinski definition) is 3. The van der Waals surface area contributed by atoms with Gasteiger partial charge < -0.3 is 35.4 Å². The van der Waals surface area contributed by atoms with Gasteiger partial charge in [-0.1, -0.05) is 11.6 Å². The molecule has 6 heterocycles. The molecule has 1 saturated heterocycles. The minimum Gasteiger partial charge on any atom is -0.439 e. The third-order valence-corrected chi connectivity index (χ3v) is 8.88. The van der Waals surface area contributed by atoms with Crippen LogP contribution in [0, 0.1) is 0 Å². The quantitative estimate of drug-likeness (QED) is 0.247. The van der Waals surface area contributed by atoms with Crippen molar-refractivity contribution in [1.82, 2.24) is 24.7 Å². The molecule has 0 unspecified atom stereocenters. The zero-order chi connectivity index (χ0) is 28.8.